The van der Waals surface area contributed by atoms with Crippen molar-refractivity contribution in [2.75, 3.05) is 0 Å². The Bertz CT molecular complexity index is 761. The summed E-state index contributed by atoms with van der Waals surface area (Å²) in [4.78, 5) is 4.36. The largest absolute Gasteiger partial charge is 0.324 e. The second-order valence-electron chi connectivity index (χ2n) is 4.93. The van der Waals surface area contributed by atoms with E-state index in [-0.39, 0.29) is 6.04 Å². The molecule has 0 aliphatic rings. The molecule has 0 radical (unpaired) electrons. The van der Waals surface area contributed by atoms with E-state index in [0.717, 1.165) is 22.0 Å². The number of fused-ring (bicyclic) bond motifs is 1. The lowest BCUT2D eigenvalue weighted by Gasteiger charge is -2.16. The summed E-state index contributed by atoms with van der Waals surface area (Å²) in [5.74, 6) is 0. The molecule has 1 atom stereocenters. The van der Waals surface area contributed by atoms with Crippen molar-refractivity contribution in [3.63, 3.8) is 0 Å². The van der Waals surface area contributed by atoms with Crippen molar-refractivity contribution in [1.29, 1.82) is 0 Å². The predicted molar refractivity (Wildman–Crippen MR) is 88.8 cm³/mol. The van der Waals surface area contributed by atoms with Gasteiger partial charge in [0, 0.05) is 33.2 Å². The molecular formula is C17H14Cl2N2. The normalized spacial score (nSPS) is 12.5. The molecule has 2 aromatic carbocycles. The second kappa shape index (κ2) is 6.02. The molecule has 1 unspecified atom stereocenters. The molecule has 0 saturated heterocycles. The number of para-hydroxylation sites is 1. The van der Waals surface area contributed by atoms with E-state index in [1.54, 1.807) is 6.20 Å². The van der Waals surface area contributed by atoms with Crippen LogP contribution in [0, 0.1) is 0 Å². The van der Waals surface area contributed by atoms with E-state index < -0.39 is 0 Å². The third-order valence-corrected chi connectivity index (χ3v) is 4.21. The molecule has 4 heteroatoms. The van der Waals surface area contributed by atoms with Crippen LogP contribution in [0.4, 0.5) is 0 Å². The van der Waals surface area contributed by atoms with Crippen LogP contribution in [-0.4, -0.2) is 4.98 Å². The Morgan fingerprint density at radius 3 is 2.43 bits per heavy atom. The molecule has 0 amide bonds. The van der Waals surface area contributed by atoms with Crippen LogP contribution in [-0.2, 0) is 6.42 Å². The smallest absolute Gasteiger partial charge is 0.0704 e. The number of pyridine rings is 1. The van der Waals surface area contributed by atoms with Crippen molar-refractivity contribution < 1.29 is 0 Å². The minimum absolute atomic E-state index is 0.253. The molecule has 0 aliphatic heterocycles. The Morgan fingerprint density at radius 1 is 0.952 bits per heavy atom. The molecule has 0 aliphatic carbocycles. The van der Waals surface area contributed by atoms with E-state index in [9.17, 15) is 0 Å². The van der Waals surface area contributed by atoms with Crippen LogP contribution < -0.4 is 5.73 Å². The Morgan fingerprint density at radius 2 is 1.67 bits per heavy atom. The topological polar surface area (TPSA) is 38.9 Å². The molecule has 3 rings (SSSR count). The second-order valence-corrected chi connectivity index (χ2v) is 5.75. The number of hydrogen-bond donors (Lipinski definition) is 1. The van der Waals surface area contributed by atoms with Crippen molar-refractivity contribution >= 4 is 34.1 Å². The average molecular weight is 317 g/mol. The first kappa shape index (κ1) is 14.3. The molecular weight excluding hydrogens is 303 g/mol. The maximum atomic E-state index is 6.33. The number of hydrogen-bond acceptors (Lipinski definition) is 2. The molecule has 3 aromatic rings. The zero-order chi connectivity index (χ0) is 14.8. The molecule has 0 fully saturated rings. The van der Waals surface area contributed by atoms with E-state index in [1.165, 1.54) is 0 Å². The van der Waals surface area contributed by atoms with Gasteiger partial charge in [0.1, 0.15) is 0 Å². The minimum atomic E-state index is -0.253. The summed E-state index contributed by atoms with van der Waals surface area (Å²) in [6.07, 6.45) is 2.46. The molecule has 2 nitrogen and oxygen atoms in total. The first-order valence-electron chi connectivity index (χ1n) is 6.69. The highest BCUT2D eigenvalue weighted by molar-refractivity contribution is 6.36. The number of halogens is 2. The summed E-state index contributed by atoms with van der Waals surface area (Å²) in [6, 6.07) is 15.2. The molecule has 0 bridgehead atoms. The van der Waals surface area contributed by atoms with Crippen molar-refractivity contribution in [3.05, 3.63) is 75.9 Å². The average Bonchev–Trinajstić information content (AvgIpc) is 2.47. The third kappa shape index (κ3) is 2.88. The summed E-state index contributed by atoms with van der Waals surface area (Å²) in [6.45, 7) is 0. The SMILES string of the molecule is NC(Cc1ccnc2ccccc12)c1c(Cl)cccc1Cl. The highest BCUT2D eigenvalue weighted by Crippen LogP contribution is 2.31. The first-order valence-corrected chi connectivity index (χ1v) is 7.44. The maximum absolute atomic E-state index is 6.33. The molecule has 2 N–H and O–H groups in total. The van der Waals surface area contributed by atoms with Gasteiger partial charge in [0.05, 0.1) is 5.52 Å². The van der Waals surface area contributed by atoms with Gasteiger partial charge in [-0.1, -0.05) is 47.5 Å². The summed E-state index contributed by atoms with van der Waals surface area (Å²) in [5.41, 5.74) is 9.23. The van der Waals surface area contributed by atoms with Gasteiger partial charge in [-0.15, -0.1) is 0 Å². The van der Waals surface area contributed by atoms with E-state index in [2.05, 4.69) is 11.1 Å². The Kier molecular flexibility index (Phi) is 4.11. The van der Waals surface area contributed by atoms with E-state index in [4.69, 9.17) is 28.9 Å². The van der Waals surface area contributed by atoms with Crippen molar-refractivity contribution in [2.45, 2.75) is 12.5 Å². The number of nitrogens with two attached hydrogens (primary N) is 1. The van der Waals surface area contributed by atoms with Crippen LogP contribution in [0.2, 0.25) is 10.0 Å². The molecule has 21 heavy (non-hydrogen) atoms. The van der Waals surface area contributed by atoms with Crippen LogP contribution in [0.1, 0.15) is 17.2 Å². The van der Waals surface area contributed by atoms with Gasteiger partial charge in [-0.05, 0) is 36.2 Å². The van der Waals surface area contributed by atoms with Crippen molar-refractivity contribution in [2.24, 2.45) is 5.73 Å². The van der Waals surface area contributed by atoms with Gasteiger partial charge in [0.25, 0.3) is 0 Å². The van der Waals surface area contributed by atoms with Crippen LogP contribution in [0.3, 0.4) is 0 Å². The fourth-order valence-electron chi connectivity index (χ4n) is 2.54. The Labute approximate surface area is 133 Å². The van der Waals surface area contributed by atoms with Crippen molar-refractivity contribution in [3.8, 4) is 0 Å². The van der Waals surface area contributed by atoms with Gasteiger partial charge in [-0.2, -0.15) is 0 Å². The highest BCUT2D eigenvalue weighted by atomic mass is 35.5. The van der Waals surface area contributed by atoms with E-state index >= 15 is 0 Å². The Hall–Kier alpha value is -1.61. The zero-order valence-corrected chi connectivity index (χ0v) is 12.8. The number of benzene rings is 2. The summed E-state index contributed by atoms with van der Waals surface area (Å²) >= 11 is 12.5. The van der Waals surface area contributed by atoms with Gasteiger partial charge in [-0.3, -0.25) is 4.98 Å². The molecule has 0 spiro atoms. The molecule has 1 aromatic heterocycles. The lowest BCUT2D eigenvalue weighted by Crippen LogP contribution is -2.14. The quantitative estimate of drug-likeness (QED) is 0.755. The standard InChI is InChI=1S/C17H14Cl2N2/c18-13-5-3-6-14(19)17(13)15(20)10-11-8-9-21-16-7-2-1-4-12(11)16/h1-9,15H,10,20H2. The Balaban J connectivity index is 1.99. The fraction of sp³-hybridized carbons (Fsp3) is 0.118. The van der Waals surface area contributed by atoms with Crippen molar-refractivity contribution in [1.82, 2.24) is 4.98 Å². The maximum Gasteiger partial charge on any atom is 0.0704 e. The lowest BCUT2D eigenvalue weighted by molar-refractivity contribution is 0.725. The third-order valence-electron chi connectivity index (χ3n) is 3.55. The first-order chi connectivity index (χ1) is 10.2. The highest BCUT2D eigenvalue weighted by Gasteiger charge is 2.15. The molecule has 0 saturated carbocycles. The summed E-state index contributed by atoms with van der Waals surface area (Å²) < 4.78 is 0. The van der Waals surface area contributed by atoms with Gasteiger partial charge in [0.15, 0.2) is 0 Å². The predicted octanol–water partition coefficient (Wildman–Crippen LogP) is 4.78. The van der Waals surface area contributed by atoms with Crippen LogP contribution in [0.5, 0.6) is 0 Å². The summed E-state index contributed by atoms with van der Waals surface area (Å²) in [5, 5.41) is 2.32. The van der Waals surface area contributed by atoms with Gasteiger partial charge in [-0.25, -0.2) is 0 Å². The van der Waals surface area contributed by atoms with Crippen LogP contribution >= 0.6 is 23.2 Å². The number of nitrogens with zero attached hydrogens (tertiary/aromatic N) is 1. The fourth-order valence-corrected chi connectivity index (χ4v) is 3.21. The molecule has 106 valence electrons. The molecule has 1 heterocycles. The minimum Gasteiger partial charge on any atom is -0.324 e. The van der Waals surface area contributed by atoms with E-state index in [1.807, 2.05) is 42.5 Å². The summed E-state index contributed by atoms with van der Waals surface area (Å²) in [7, 11) is 0. The van der Waals surface area contributed by atoms with E-state index in [0.29, 0.717) is 16.5 Å². The lowest BCUT2D eigenvalue weighted by atomic mass is 9.97. The number of rotatable bonds is 3. The zero-order valence-electron chi connectivity index (χ0n) is 11.3. The van der Waals surface area contributed by atoms with Gasteiger partial charge in [0.2, 0.25) is 0 Å². The van der Waals surface area contributed by atoms with Gasteiger partial charge < -0.3 is 5.73 Å². The monoisotopic (exact) mass is 316 g/mol. The number of aromatic nitrogens is 1. The van der Waals surface area contributed by atoms with Gasteiger partial charge >= 0.3 is 0 Å². The van der Waals surface area contributed by atoms with Crippen LogP contribution in [0.25, 0.3) is 10.9 Å². The van der Waals surface area contributed by atoms with Crippen LogP contribution in [0.15, 0.2) is 54.7 Å².